The number of fused-ring (bicyclic) bond motifs is 1. The van der Waals surface area contributed by atoms with Crippen molar-refractivity contribution >= 4 is 5.82 Å². The van der Waals surface area contributed by atoms with Gasteiger partial charge in [0.15, 0.2) is 5.82 Å². The molecule has 0 bridgehead atoms. The molecule has 0 saturated carbocycles. The van der Waals surface area contributed by atoms with Crippen LogP contribution in [0.3, 0.4) is 0 Å². The van der Waals surface area contributed by atoms with E-state index in [1.807, 2.05) is 19.2 Å². The number of aromatic nitrogens is 2. The van der Waals surface area contributed by atoms with E-state index in [0.29, 0.717) is 12.4 Å². The minimum atomic E-state index is 0.387. The summed E-state index contributed by atoms with van der Waals surface area (Å²) < 4.78 is 11.0. The molecule has 1 aliphatic heterocycles. The molecule has 0 aliphatic carbocycles. The molecule has 0 radical (unpaired) electrons. The number of benzene rings is 1. The first-order valence-electron chi connectivity index (χ1n) is 7.11. The zero-order valence-corrected chi connectivity index (χ0v) is 12.3. The summed E-state index contributed by atoms with van der Waals surface area (Å²) in [5.41, 5.74) is 3.13. The van der Waals surface area contributed by atoms with Gasteiger partial charge in [0.1, 0.15) is 18.2 Å². The number of hydrogen-bond donors (Lipinski definition) is 1. The van der Waals surface area contributed by atoms with E-state index in [9.17, 15) is 0 Å². The van der Waals surface area contributed by atoms with Gasteiger partial charge in [0.2, 0.25) is 0 Å². The van der Waals surface area contributed by atoms with Gasteiger partial charge in [-0.25, -0.2) is 9.97 Å². The lowest BCUT2D eigenvalue weighted by Gasteiger charge is -2.20. The number of nitrogens with one attached hydrogen (secondary N) is 1. The van der Waals surface area contributed by atoms with Gasteiger partial charge in [-0.05, 0) is 24.5 Å². The monoisotopic (exact) mass is 285 g/mol. The first-order chi connectivity index (χ1) is 10.3. The number of para-hydroxylation sites is 1. The van der Waals surface area contributed by atoms with Crippen LogP contribution in [0.2, 0.25) is 0 Å². The van der Waals surface area contributed by atoms with E-state index >= 15 is 0 Å². The number of hydrogen-bond acceptors (Lipinski definition) is 5. The molecule has 0 atom stereocenters. The summed E-state index contributed by atoms with van der Waals surface area (Å²) in [6.45, 7) is 1.15. The number of ether oxygens (including phenoxy) is 2. The van der Waals surface area contributed by atoms with Crippen LogP contribution in [0.5, 0.6) is 5.75 Å². The zero-order valence-electron chi connectivity index (χ0n) is 12.3. The highest BCUT2D eigenvalue weighted by molar-refractivity contribution is 5.71. The van der Waals surface area contributed by atoms with Crippen LogP contribution in [0.25, 0.3) is 11.3 Å². The fourth-order valence-corrected chi connectivity index (χ4v) is 2.55. The predicted molar refractivity (Wildman–Crippen MR) is 81.5 cm³/mol. The molecule has 0 amide bonds. The Kier molecular flexibility index (Phi) is 4.01. The van der Waals surface area contributed by atoms with E-state index in [4.69, 9.17) is 9.47 Å². The molecule has 2 heterocycles. The minimum absolute atomic E-state index is 0.387. The van der Waals surface area contributed by atoms with Crippen molar-refractivity contribution < 1.29 is 9.47 Å². The molecule has 21 heavy (non-hydrogen) atoms. The Hall–Kier alpha value is -2.14. The van der Waals surface area contributed by atoms with E-state index in [0.717, 1.165) is 42.3 Å². The average Bonchev–Trinajstić information content (AvgIpc) is 2.54. The number of anilines is 1. The van der Waals surface area contributed by atoms with E-state index in [1.54, 1.807) is 7.11 Å². The Bertz CT molecular complexity index is 643. The van der Waals surface area contributed by atoms with E-state index in [2.05, 4.69) is 27.4 Å². The third-order valence-electron chi connectivity index (χ3n) is 3.51. The van der Waals surface area contributed by atoms with Gasteiger partial charge < -0.3 is 14.8 Å². The lowest BCUT2D eigenvalue weighted by atomic mass is 10.0. The molecule has 2 aromatic rings. The number of methoxy groups -OCH3 is 1. The summed E-state index contributed by atoms with van der Waals surface area (Å²) in [5.74, 6) is 2.39. The molecule has 1 N–H and O–H groups in total. The highest BCUT2D eigenvalue weighted by Crippen LogP contribution is 2.35. The van der Waals surface area contributed by atoms with Gasteiger partial charge in [0.05, 0.1) is 12.3 Å². The molecule has 5 nitrogen and oxygen atoms in total. The van der Waals surface area contributed by atoms with Crippen molar-refractivity contribution in [1.82, 2.24) is 9.97 Å². The molecule has 1 aromatic carbocycles. The summed E-state index contributed by atoms with van der Waals surface area (Å²) in [6, 6.07) is 8.16. The van der Waals surface area contributed by atoms with Crippen molar-refractivity contribution in [2.45, 2.75) is 19.4 Å². The van der Waals surface area contributed by atoms with Gasteiger partial charge in [0, 0.05) is 25.8 Å². The summed E-state index contributed by atoms with van der Waals surface area (Å²) in [7, 11) is 3.49. The highest BCUT2D eigenvalue weighted by Gasteiger charge is 2.17. The van der Waals surface area contributed by atoms with Gasteiger partial charge in [-0.1, -0.05) is 12.1 Å². The van der Waals surface area contributed by atoms with E-state index in [-0.39, 0.29) is 0 Å². The quantitative estimate of drug-likeness (QED) is 0.936. The van der Waals surface area contributed by atoms with Gasteiger partial charge in [-0.15, -0.1) is 0 Å². The highest BCUT2D eigenvalue weighted by atomic mass is 16.5. The molecule has 0 fully saturated rings. The maximum atomic E-state index is 5.87. The van der Waals surface area contributed by atoms with Crippen molar-refractivity contribution in [1.29, 1.82) is 0 Å². The van der Waals surface area contributed by atoms with Crippen molar-refractivity contribution in [3.05, 3.63) is 35.7 Å². The van der Waals surface area contributed by atoms with Crippen molar-refractivity contribution in [3.8, 4) is 17.0 Å². The zero-order chi connectivity index (χ0) is 14.7. The topological polar surface area (TPSA) is 56.3 Å². The molecule has 5 heteroatoms. The van der Waals surface area contributed by atoms with Gasteiger partial charge >= 0.3 is 0 Å². The molecule has 3 rings (SSSR count). The Labute approximate surface area is 124 Å². The molecule has 0 spiro atoms. The number of rotatable bonds is 4. The molecular formula is C16H19N3O2. The summed E-state index contributed by atoms with van der Waals surface area (Å²) in [4.78, 5) is 8.98. The van der Waals surface area contributed by atoms with Crippen molar-refractivity contribution in [2.24, 2.45) is 0 Å². The van der Waals surface area contributed by atoms with Gasteiger partial charge in [0.25, 0.3) is 0 Å². The van der Waals surface area contributed by atoms with Crippen molar-refractivity contribution in [3.63, 3.8) is 0 Å². The summed E-state index contributed by atoms with van der Waals surface area (Å²) in [6.07, 6.45) is 2.12. The Morgan fingerprint density at radius 2 is 2.24 bits per heavy atom. The standard InChI is InChI=1S/C16H19N3O2/c1-17-14-9-13(18-15(19-14)10-20-2)12-7-3-5-11-6-4-8-21-16(11)12/h3,5,7,9H,4,6,8,10H2,1-2H3,(H,17,18,19). The number of aryl methyl sites for hydroxylation is 1. The lowest BCUT2D eigenvalue weighted by molar-refractivity contribution is 0.178. The van der Waals surface area contributed by atoms with Crippen LogP contribution in [0.1, 0.15) is 17.8 Å². The third kappa shape index (κ3) is 2.83. The van der Waals surface area contributed by atoms with Crippen LogP contribution >= 0.6 is 0 Å². The van der Waals surface area contributed by atoms with Crippen LogP contribution in [0, 0.1) is 0 Å². The van der Waals surface area contributed by atoms with Gasteiger partial charge in [-0.3, -0.25) is 0 Å². The fraction of sp³-hybridized carbons (Fsp3) is 0.375. The van der Waals surface area contributed by atoms with Crippen LogP contribution in [0.4, 0.5) is 5.82 Å². The van der Waals surface area contributed by atoms with Crippen molar-refractivity contribution in [2.75, 3.05) is 26.1 Å². The Morgan fingerprint density at radius 1 is 1.33 bits per heavy atom. The molecular weight excluding hydrogens is 266 g/mol. The normalized spacial score (nSPS) is 13.4. The Morgan fingerprint density at radius 3 is 3.05 bits per heavy atom. The maximum absolute atomic E-state index is 5.87. The second-order valence-corrected chi connectivity index (χ2v) is 4.98. The first kappa shape index (κ1) is 13.8. The predicted octanol–water partition coefficient (Wildman–Crippen LogP) is 2.66. The largest absolute Gasteiger partial charge is 0.493 e. The second-order valence-electron chi connectivity index (χ2n) is 4.98. The number of nitrogens with zero attached hydrogens (tertiary/aromatic N) is 2. The molecule has 110 valence electrons. The fourth-order valence-electron chi connectivity index (χ4n) is 2.55. The molecule has 1 aliphatic rings. The summed E-state index contributed by atoms with van der Waals surface area (Å²) in [5, 5.41) is 3.07. The molecule has 0 saturated heterocycles. The lowest BCUT2D eigenvalue weighted by Crippen LogP contribution is -2.10. The maximum Gasteiger partial charge on any atom is 0.157 e. The van der Waals surface area contributed by atoms with Crippen LogP contribution in [0.15, 0.2) is 24.3 Å². The minimum Gasteiger partial charge on any atom is -0.493 e. The van der Waals surface area contributed by atoms with Crippen LogP contribution in [-0.4, -0.2) is 30.7 Å². The summed E-state index contributed by atoms with van der Waals surface area (Å²) >= 11 is 0. The van der Waals surface area contributed by atoms with Crippen LogP contribution < -0.4 is 10.1 Å². The smallest absolute Gasteiger partial charge is 0.157 e. The average molecular weight is 285 g/mol. The molecule has 0 unspecified atom stereocenters. The first-order valence-corrected chi connectivity index (χ1v) is 7.11. The Balaban J connectivity index is 2.09. The van der Waals surface area contributed by atoms with Gasteiger partial charge in [-0.2, -0.15) is 0 Å². The second kappa shape index (κ2) is 6.10. The third-order valence-corrected chi connectivity index (χ3v) is 3.51. The van der Waals surface area contributed by atoms with E-state index in [1.165, 1.54) is 5.56 Å². The SMILES string of the molecule is CNc1cc(-c2cccc3c2OCCC3)nc(COC)n1. The van der Waals surface area contributed by atoms with Crippen LogP contribution in [-0.2, 0) is 17.8 Å². The van der Waals surface area contributed by atoms with E-state index < -0.39 is 0 Å². The molecule has 1 aromatic heterocycles.